The summed E-state index contributed by atoms with van der Waals surface area (Å²) in [5.41, 5.74) is -0.765. The van der Waals surface area contributed by atoms with Gasteiger partial charge in [-0.3, -0.25) is 4.79 Å². The normalized spacial score (nSPS) is 15.8. The number of anilines is 1. The van der Waals surface area contributed by atoms with E-state index in [0.717, 1.165) is 43.3 Å². The Morgan fingerprint density at radius 2 is 1.86 bits per heavy atom. The number of carbonyl (C=O) groups excluding carboxylic acids is 2. The van der Waals surface area contributed by atoms with E-state index in [-0.39, 0.29) is 35.1 Å². The van der Waals surface area contributed by atoms with Crippen molar-refractivity contribution >= 4 is 52.8 Å². The Morgan fingerprint density at radius 1 is 1.14 bits per heavy atom. The summed E-state index contributed by atoms with van der Waals surface area (Å²) in [6.45, 7) is 3.77. The molecular formula is C25H29Cl2F3N4O2S. The molecule has 12 heteroatoms. The molecule has 1 unspecified atom stereocenters. The first-order valence-corrected chi connectivity index (χ1v) is 13.5. The molecule has 0 bridgehead atoms. The second-order valence-electron chi connectivity index (χ2n) is 8.73. The van der Waals surface area contributed by atoms with Gasteiger partial charge in [0.2, 0.25) is 5.91 Å². The highest BCUT2D eigenvalue weighted by molar-refractivity contribution is 8.00. The Kier molecular flexibility index (Phi) is 10.7. The molecule has 1 fully saturated rings. The van der Waals surface area contributed by atoms with Crippen LogP contribution in [0, 0.1) is 5.92 Å². The van der Waals surface area contributed by atoms with Crippen molar-refractivity contribution in [1.29, 1.82) is 0 Å². The zero-order valence-corrected chi connectivity index (χ0v) is 22.6. The van der Waals surface area contributed by atoms with Crippen molar-refractivity contribution in [2.75, 3.05) is 37.0 Å². The van der Waals surface area contributed by atoms with Gasteiger partial charge in [-0.1, -0.05) is 30.1 Å². The number of rotatable bonds is 9. The lowest BCUT2D eigenvalue weighted by molar-refractivity contribution is -0.137. The van der Waals surface area contributed by atoms with Gasteiger partial charge in [0.25, 0.3) is 0 Å². The van der Waals surface area contributed by atoms with Crippen LogP contribution in [0.4, 0.5) is 23.7 Å². The molecule has 1 aliphatic rings. The van der Waals surface area contributed by atoms with E-state index in [1.165, 1.54) is 10.4 Å². The van der Waals surface area contributed by atoms with E-state index in [4.69, 9.17) is 23.2 Å². The van der Waals surface area contributed by atoms with Crippen LogP contribution >= 0.6 is 35.1 Å². The van der Waals surface area contributed by atoms with Crippen LogP contribution in [-0.4, -0.2) is 49.6 Å². The Bertz CT molecular complexity index is 1070. The van der Waals surface area contributed by atoms with Gasteiger partial charge in [-0.25, -0.2) is 4.79 Å². The number of amides is 3. The van der Waals surface area contributed by atoms with Gasteiger partial charge in [0.15, 0.2) is 0 Å². The van der Waals surface area contributed by atoms with Crippen LogP contribution in [0.3, 0.4) is 0 Å². The molecule has 0 saturated carbocycles. The van der Waals surface area contributed by atoms with Gasteiger partial charge in [-0.2, -0.15) is 13.2 Å². The number of hydrogen-bond donors (Lipinski definition) is 2. The minimum Gasteiger partial charge on any atom is -0.341 e. The van der Waals surface area contributed by atoms with E-state index in [1.807, 2.05) is 6.92 Å². The second-order valence-corrected chi connectivity index (χ2v) is 10.7. The summed E-state index contributed by atoms with van der Waals surface area (Å²) < 4.78 is 41.8. The second kappa shape index (κ2) is 13.5. The Balaban J connectivity index is 1.75. The number of nitrogens with zero attached hydrogens (tertiary/aromatic N) is 2. The number of carbonyl (C=O) groups is 2. The standard InChI is InChI=1S/C25H29Cl2F3N4O2S/c1-2-11-31-24(36)32-14-17-4-3-12-33(15-17)23(35)16-34(37-20-8-6-19(26)7-9-20)22-13-18(25(28,29)30)5-10-21(22)27/h5-10,13,17H,2-4,11-12,14-16H2,1H3,(H2,31,32,36). The number of urea groups is 1. The molecule has 2 aromatic carbocycles. The van der Waals surface area contributed by atoms with Crippen LogP contribution in [0.2, 0.25) is 10.0 Å². The quantitative estimate of drug-likeness (QED) is 0.335. The van der Waals surface area contributed by atoms with Crippen LogP contribution in [0.25, 0.3) is 0 Å². The van der Waals surface area contributed by atoms with Gasteiger partial charge in [-0.05, 0) is 79.6 Å². The molecule has 0 radical (unpaired) electrons. The maximum atomic E-state index is 13.4. The highest BCUT2D eigenvalue weighted by atomic mass is 35.5. The SMILES string of the molecule is CCCNC(=O)NCC1CCCN(C(=O)CN(Sc2ccc(Cl)cc2)c2cc(C(F)(F)F)ccc2Cl)C1. The van der Waals surface area contributed by atoms with Crippen LogP contribution < -0.4 is 14.9 Å². The molecule has 3 amide bonds. The van der Waals surface area contributed by atoms with Gasteiger partial charge in [0.1, 0.15) is 6.54 Å². The van der Waals surface area contributed by atoms with Gasteiger partial charge < -0.3 is 19.8 Å². The molecule has 37 heavy (non-hydrogen) atoms. The smallest absolute Gasteiger partial charge is 0.341 e. The average Bonchev–Trinajstić information content (AvgIpc) is 2.87. The third kappa shape index (κ3) is 8.90. The van der Waals surface area contributed by atoms with Gasteiger partial charge in [-0.15, -0.1) is 0 Å². The maximum Gasteiger partial charge on any atom is 0.416 e. The fraction of sp³-hybridized carbons (Fsp3) is 0.440. The fourth-order valence-corrected chi connectivity index (χ4v) is 5.22. The van der Waals surface area contributed by atoms with Crippen molar-refractivity contribution in [1.82, 2.24) is 15.5 Å². The largest absolute Gasteiger partial charge is 0.416 e. The number of hydrogen-bond acceptors (Lipinski definition) is 4. The molecule has 202 valence electrons. The molecule has 1 heterocycles. The van der Waals surface area contributed by atoms with Crippen LogP contribution in [0.15, 0.2) is 47.4 Å². The van der Waals surface area contributed by atoms with E-state index < -0.39 is 11.7 Å². The molecule has 2 aromatic rings. The highest BCUT2D eigenvalue weighted by Gasteiger charge is 2.32. The summed E-state index contributed by atoms with van der Waals surface area (Å²) >= 11 is 13.4. The number of alkyl halides is 3. The molecule has 1 aliphatic heterocycles. The molecule has 1 atom stereocenters. The van der Waals surface area contributed by atoms with Gasteiger partial charge in [0, 0.05) is 36.1 Å². The van der Waals surface area contributed by atoms with E-state index in [0.29, 0.717) is 36.1 Å². The number of halogens is 5. The van der Waals surface area contributed by atoms with Crippen LogP contribution in [-0.2, 0) is 11.0 Å². The van der Waals surface area contributed by atoms with Crippen molar-refractivity contribution in [3.05, 3.63) is 58.1 Å². The number of nitrogens with one attached hydrogen (secondary N) is 2. The highest BCUT2D eigenvalue weighted by Crippen LogP contribution is 2.39. The fourth-order valence-electron chi connectivity index (χ4n) is 3.89. The summed E-state index contributed by atoms with van der Waals surface area (Å²) in [6, 6.07) is 9.58. The predicted molar refractivity (Wildman–Crippen MR) is 142 cm³/mol. The summed E-state index contributed by atoms with van der Waals surface area (Å²) in [7, 11) is 0. The lowest BCUT2D eigenvalue weighted by atomic mass is 9.98. The van der Waals surface area contributed by atoms with Crippen molar-refractivity contribution < 1.29 is 22.8 Å². The average molecular weight is 577 g/mol. The summed E-state index contributed by atoms with van der Waals surface area (Å²) in [5, 5.41) is 6.21. The summed E-state index contributed by atoms with van der Waals surface area (Å²) in [6.07, 6.45) is -2.10. The van der Waals surface area contributed by atoms with E-state index >= 15 is 0 Å². The van der Waals surface area contributed by atoms with Crippen molar-refractivity contribution in [2.24, 2.45) is 5.92 Å². The zero-order valence-electron chi connectivity index (χ0n) is 20.3. The van der Waals surface area contributed by atoms with Crippen molar-refractivity contribution in [3.63, 3.8) is 0 Å². The number of likely N-dealkylation sites (tertiary alicyclic amines) is 1. The Labute approximate surface area is 229 Å². The van der Waals surface area contributed by atoms with E-state index in [9.17, 15) is 22.8 Å². The molecule has 0 aliphatic carbocycles. The maximum absolute atomic E-state index is 13.4. The van der Waals surface area contributed by atoms with E-state index in [2.05, 4.69) is 10.6 Å². The first kappa shape index (κ1) is 29.3. The first-order chi connectivity index (χ1) is 17.6. The van der Waals surface area contributed by atoms with Crippen LogP contribution in [0.1, 0.15) is 31.7 Å². The molecule has 0 spiro atoms. The van der Waals surface area contributed by atoms with Crippen molar-refractivity contribution in [2.45, 2.75) is 37.3 Å². The van der Waals surface area contributed by atoms with E-state index in [1.54, 1.807) is 29.2 Å². The topological polar surface area (TPSA) is 64.7 Å². The van der Waals surface area contributed by atoms with Gasteiger partial charge >= 0.3 is 12.2 Å². The lowest BCUT2D eigenvalue weighted by Crippen LogP contribution is -2.47. The minimum atomic E-state index is -4.56. The summed E-state index contributed by atoms with van der Waals surface area (Å²) in [5.74, 6) is -0.158. The predicted octanol–water partition coefficient (Wildman–Crippen LogP) is 6.47. The molecule has 0 aromatic heterocycles. The number of piperidine rings is 1. The molecule has 3 rings (SSSR count). The van der Waals surface area contributed by atoms with Gasteiger partial charge in [0.05, 0.1) is 16.3 Å². The molecular weight excluding hydrogens is 548 g/mol. The Morgan fingerprint density at radius 3 is 2.54 bits per heavy atom. The van der Waals surface area contributed by atoms with Crippen LogP contribution in [0.5, 0.6) is 0 Å². The molecule has 2 N–H and O–H groups in total. The summed E-state index contributed by atoms with van der Waals surface area (Å²) in [4.78, 5) is 27.6. The third-order valence-electron chi connectivity index (χ3n) is 5.81. The third-order valence-corrected chi connectivity index (χ3v) is 7.41. The lowest BCUT2D eigenvalue weighted by Gasteiger charge is -2.34. The zero-order chi connectivity index (χ0) is 27.0. The molecule has 1 saturated heterocycles. The Hall–Kier alpha value is -2.30. The van der Waals surface area contributed by atoms with Crippen molar-refractivity contribution in [3.8, 4) is 0 Å². The molecule has 6 nitrogen and oxygen atoms in total. The first-order valence-electron chi connectivity index (χ1n) is 11.9. The monoisotopic (exact) mass is 576 g/mol. The minimum absolute atomic E-state index is 0.0830. The number of benzene rings is 2.